The van der Waals surface area contributed by atoms with Crippen molar-refractivity contribution < 1.29 is 14.6 Å². The summed E-state index contributed by atoms with van der Waals surface area (Å²) in [5.74, 6) is 5.01. The number of esters is 1. The van der Waals surface area contributed by atoms with Crippen molar-refractivity contribution in [3.63, 3.8) is 0 Å². The second kappa shape index (κ2) is 6.70. The Kier molecular flexibility index (Phi) is 5.57. The van der Waals surface area contributed by atoms with Crippen molar-refractivity contribution in [3.8, 4) is 0 Å². The van der Waals surface area contributed by atoms with Crippen LogP contribution in [0, 0.1) is 0 Å². The Labute approximate surface area is 108 Å². The maximum absolute atomic E-state index is 11.0. The van der Waals surface area contributed by atoms with Crippen LogP contribution in [0.5, 0.6) is 0 Å². The maximum Gasteiger partial charge on any atom is 0.336 e. The maximum atomic E-state index is 11.0. The van der Waals surface area contributed by atoms with Crippen LogP contribution >= 0.6 is 15.9 Å². The highest BCUT2D eigenvalue weighted by molar-refractivity contribution is 9.10. The molecule has 0 aromatic heterocycles. The molecule has 0 heterocycles. The molecule has 0 saturated heterocycles. The first-order valence-corrected chi connectivity index (χ1v) is 5.82. The summed E-state index contributed by atoms with van der Waals surface area (Å²) >= 11 is 3.33. The molecular formula is C11H15BrN2O3. The van der Waals surface area contributed by atoms with Gasteiger partial charge in [0.15, 0.2) is 6.10 Å². The highest BCUT2D eigenvalue weighted by Crippen LogP contribution is 2.11. The molecule has 3 N–H and O–H groups in total. The first kappa shape index (κ1) is 14.1. The molecule has 0 amide bonds. The monoisotopic (exact) mass is 302 g/mol. The van der Waals surface area contributed by atoms with Gasteiger partial charge in [0, 0.05) is 11.0 Å². The summed E-state index contributed by atoms with van der Waals surface area (Å²) in [7, 11) is 1.22. The van der Waals surface area contributed by atoms with Gasteiger partial charge in [-0.3, -0.25) is 5.84 Å². The summed E-state index contributed by atoms with van der Waals surface area (Å²) in [6, 6.07) is 7.63. The molecule has 0 aliphatic rings. The van der Waals surface area contributed by atoms with E-state index >= 15 is 0 Å². The molecule has 94 valence electrons. The molecule has 1 rings (SSSR count). The van der Waals surface area contributed by atoms with E-state index in [2.05, 4.69) is 20.7 Å². The lowest BCUT2D eigenvalue weighted by Crippen LogP contribution is -2.41. The molecule has 0 aliphatic heterocycles. The average molecular weight is 303 g/mol. The minimum absolute atomic E-state index is 0.0305. The number of carbonyl (C=O) groups is 1. The molecule has 5 nitrogen and oxygen atoms in total. The van der Waals surface area contributed by atoms with E-state index in [1.165, 1.54) is 12.1 Å². The minimum Gasteiger partial charge on any atom is -0.467 e. The fraction of sp³-hybridized carbons (Fsp3) is 0.364. The van der Waals surface area contributed by atoms with Gasteiger partial charge >= 0.3 is 5.97 Å². The number of hydrogen-bond acceptors (Lipinski definition) is 5. The van der Waals surface area contributed by atoms with Crippen molar-refractivity contribution in [2.45, 2.75) is 12.6 Å². The Morgan fingerprint density at radius 3 is 2.65 bits per heavy atom. The topological polar surface area (TPSA) is 75.8 Å². The molecule has 0 spiro atoms. The van der Waals surface area contributed by atoms with Gasteiger partial charge in [-0.1, -0.05) is 28.1 Å². The van der Waals surface area contributed by atoms with E-state index in [4.69, 9.17) is 5.84 Å². The van der Waals surface area contributed by atoms with E-state index in [1.807, 2.05) is 24.3 Å². The zero-order valence-electron chi connectivity index (χ0n) is 9.47. The lowest BCUT2D eigenvalue weighted by atomic mass is 10.2. The van der Waals surface area contributed by atoms with Gasteiger partial charge in [-0.25, -0.2) is 9.80 Å². The van der Waals surface area contributed by atoms with Crippen molar-refractivity contribution in [1.29, 1.82) is 0 Å². The van der Waals surface area contributed by atoms with Crippen LogP contribution in [0.3, 0.4) is 0 Å². The molecule has 1 aromatic rings. The Hall–Kier alpha value is -0.950. The number of hydrogen-bond donors (Lipinski definition) is 2. The van der Waals surface area contributed by atoms with Gasteiger partial charge in [-0.05, 0) is 17.7 Å². The number of benzene rings is 1. The van der Waals surface area contributed by atoms with Crippen molar-refractivity contribution in [2.75, 3.05) is 13.7 Å². The van der Waals surface area contributed by atoms with Crippen molar-refractivity contribution in [1.82, 2.24) is 5.01 Å². The van der Waals surface area contributed by atoms with E-state index in [0.717, 1.165) is 10.0 Å². The van der Waals surface area contributed by atoms with Gasteiger partial charge < -0.3 is 9.84 Å². The summed E-state index contributed by atoms with van der Waals surface area (Å²) in [5.41, 5.74) is 0.993. The summed E-state index contributed by atoms with van der Waals surface area (Å²) < 4.78 is 5.39. The Morgan fingerprint density at radius 1 is 1.53 bits per heavy atom. The molecule has 1 unspecified atom stereocenters. The van der Waals surface area contributed by atoms with Crippen LogP contribution in [0.15, 0.2) is 28.7 Å². The van der Waals surface area contributed by atoms with Gasteiger partial charge in [0.2, 0.25) is 0 Å². The number of halogens is 1. The number of carbonyl (C=O) groups excluding carboxylic acids is 1. The number of aliphatic hydroxyl groups is 1. The standard InChI is InChI=1S/C11H15BrN2O3/c1-17-11(16)10(15)7-14(13)6-8-2-4-9(12)5-3-8/h2-5,10,15H,6-7,13H2,1H3. The zero-order valence-corrected chi connectivity index (χ0v) is 11.1. The van der Waals surface area contributed by atoms with Crippen molar-refractivity contribution in [2.24, 2.45) is 5.84 Å². The van der Waals surface area contributed by atoms with E-state index in [9.17, 15) is 9.90 Å². The van der Waals surface area contributed by atoms with Gasteiger partial charge in [0.05, 0.1) is 13.7 Å². The lowest BCUT2D eigenvalue weighted by molar-refractivity contribution is -0.151. The fourth-order valence-electron chi connectivity index (χ4n) is 1.32. The lowest BCUT2D eigenvalue weighted by Gasteiger charge is -2.18. The molecule has 0 radical (unpaired) electrons. The van der Waals surface area contributed by atoms with Crippen LogP contribution < -0.4 is 5.84 Å². The fourth-order valence-corrected chi connectivity index (χ4v) is 1.59. The van der Waals surface area contributed by atoms with E-state index in [1.54, 1.807) is 0 Å². The second-order valence-corrected chi connectivity index (χ2v) is 4.51. The summed E-state index contributed by atoms with van der Waals surface area (Å²) in [4.78, 5) is 11.0. The normalized spacial score (nSPS) is 12.5. The number of ether oxygens (including phenoxy) is 1. The van der Waals surface area contributed by atoms with Crippen LogP contribution in [0.1, 0.15) is 5.56 Å². The highest BCUT2D eigenvalue weighted by atomic mass is 79.9. The van der Waals surface area contributed by atoms with Crippen LogP contribution in [0.2, 0.25) is 0 Å². The van der Waals surface area contributed by atoms with Crippen LogP contribution in [0.4, 0.5) is 0 Å². The highest BCUT2D eigenvalue weighted by Gasteiger charge is 2.17. The molecule has 0 bridgehead atoms. The number of nitrogens with zero attached hydrogens (tertiary/aromatic N) is 1. The largest absolute Gasteiger partial charge is 0.467 e. The first-order chi connectivity index (χ1) is 8.02. The molecule has 17 heavy (non-hydrogen) atoms. The Bertz CT molecular complexity index is 369. The number of aliphatic hydroxyl groups excluding tert-OH is 1. The van der Waals surface area contributed by atoms with Gasteiger partial charge in [0.1, 0.15) is 0 Å². The van der Waals surface area contributed by atoms with Crippen LogP contribution in [-0.4, -0.2) is 35.8 Å². The third kappa shape index (κ3) is 4.82. The molecular weight excluding hydrogens is 288 g/mol. The van der Waals surface area contributed by atoms with Gasteiger partial charge in [-0.2, -0.15) is 0 Å². The molecule has 1 aromatic carbocycles. The summed E-state index contributed by atoms with van der Waals surface area (Å²) in [5, 5.41) is 10.8. The van der Waals surface area contributed by atoms with E-state index in [0.29, 0.717) is 6.54 Å². The van der Waals surface area contributed by atoms with Crippen LogP contribution in [-0.2, 0) is 16.1 Å². The van der Waals surface area contributed by atoms with E-state index in [-0.39, 0.29) is 6.54 Å². The minimum atomic E-state index is -1.22. The predicted molar refractivity (Wildman–Crippen MR) is 66.8 cm³/mol. The SMILES string of the molecule is COC(=O)C(O)CN(N)Cc1ccc(Br)cc1. The summed E-state index contributed by atoms with van der Waals surface area (Å²) in [6.45, 7) is 0.476. The second-order valence-electron chi connectivity index (χ2n) is 3.59. The van der Waals surface area contributed by atoms with Crippen LogP contribution in [0.25, 0.3) is 0 Å². The molecule has 0 fully saturated rings. The molecule has 1 atom stereocenters. The number of methoxy groups -OCH3 is 1. The third-order valence-corrected chi connectivity index (χ3v) is 2.71. The van der Waals surface area contributed by atoms with Gasteiger partial charge in [-0.15, -0.1) is 0 Å². The smallest absolute Gasteiger partial charge is 0.336 e. The van der Waals surface area contributed by atoms with Gasteiger partial charge in [0.25, 0.3) is 0 Å². The number of hydrazine groups is 1. The number of rotatable bonds is 5. The average Bonchev–Trinajstić information content (AvgIpc) is 2.30. The number of nitrogens with two attached hydrogens (primary N) is 1. The predicted octanol–water partition coefficient (Wildman–Crippen LogP) is 0.659. The van der Waals surface area contributed by atoms with E-state index < -0.39 is 12.1 Å². The quantitative estimate of drug-likeness (QED) is 0.475. The molecule has 6 heteroatoms. The first-order valence-electron chi connectivity index (χ1n) is 5.03. The Morgan fingerprint density at radius 2 is 2.12 bits per heavy atom. The zero-order chi connectivity index (χ0) is 12.8. The van der Waals surface area contributed by atoms with Crippen molar-refractivity contribution >= 4 is 21.9 Å². The molecule has 0 aliphatic carbocycles. The summed E-state index contributed by atoms with van der Waals surface area (Å²) in [6.07, 6.45) is -1.22. The Balaban J connectivity index is 2.46. The third-order valence-electron chi connectivity index (χ3n) is 2.18. The molecule has 0 saturated carbocycles. The van der Waals surface area contributed by atoms with Crippen molar-refractivity contribution in [3.05, 3.63) is 34.3 Å².